The first-order valence-corrected chi connectivity index (χ1v) is 9.80. The van der Waals surface area contributed by atoms with Gasteiger partial charge in [0.25, 0.3) is 5.69 Å². The number of carbonyl (C=O) groups excluding carboxylic acids is 1. The molecule has 154 valence electrons. The summed E-state index contributed by atoms with van der Waals surface area (Å²) in [5.74, 6) is 0.0444. The highest BCUT2D eigenvalue weighted by Gasteiger charge is 2.29. The number of hydrogen-bond acceptors (Lipinski definition) is 6. The quantitative estimate of drug-likeness (QED) is 0.576. The molecule has 9 heteroatoms. The first-order chi connectivity index (χ1) is 13.4. The number of carbonyl (C=O) groups is 1. The molecule has 0 saturated carbocycles. The summed E-state index contributed by atoms with van der Waals surface area (Å²) in [4.78, 5) is 28.3. The number of anilines is 2. The molecule has 8 nitrogen and oxygen atoms in total. The van der Waals surface area contributed by atoms with Crippen molar-refractivity contribution in [1.29, 1.82) is 0 Å². The van der Waals surface area contributed by atoms with Crippen LogP contribution in [0.25, 0.3) is 0 Å². The maximum atomic E-state index is 14.7. The third-order valence-corrected chi connectivity index (χ3v) is 5.51. The Hall–Kier alpha value is -2.58. The summed E-state index contributed by atoms with van der Waals surface area (Å²) < 4.78 is 19.7. The van der Waals surface area contributed by atoms with E-state index < -0.39 is 10.7 Å². The lowest BCUT2D eigenvalue weighted by atomic mass is 9.98. The molecular weight excluding hydrogens is 367 g/mol. The number of ether oxygens (including phenoxy) is 1. The van der Waals surface area contributed by atoms with Crippen LogP contribution >= 0.6 is 0 Å². The Morgan fingerprint density at radius 2 is 1.75 bits per heavy atom. The van der Waals surface area contributed by atoms with E-state index in [9.17, 15) is 19.3 Å². The summed E-state index contributed by atoms with van der Waals surface area (Å²) in [6.45, 7) is 7.40. The van der Waals surface area contributed by atoms with Gasteiger partial charge in [0.2, 0.25) is 0 Å². The summed E-state index contributed by atoms with van der Waals surface area (Å²) >= 11 is 0. The molecule has 1 aromatic rings. The van der Waals surface area contributed by atoms with Crippen molar-refractivity contribution >= 4 is 23.2 Å². The number of nitro groups is 1. The van der Waals surface area contributed by atoms with Crippen LogP contribution in [0.1, 0.15) is 26.7 Å². The first-order valence-electron chi connectivity index (χ1n) is 9.80. The molecule has 2 fully saturated rings. The van der Waals surface area contributed by atoms with Crippen LogP contribution in [0, 0.1) is 21.8 Å². The van der Waals surface area contributed by atoms with Crippen LogP contribution < -0.4 is 9.80 Å². The number of halogens is 1. The minimum atomic E-state index is -0.560. The van der Waals surface area contributed by atoms with Crippen LogP contribution in [0.4, 0.5) is 26.2 Å². The van der Waals surface area contributed by atoms with Gasteiger partial charge in [-0.1, -0.05) is 6.92 Å². The molecular formula is C19H27FN4O4. The van der Waals surface area contributed by atoms with E-state index in [4.69, 9.17) is 4.74 Å². The van der Waals surface area contributed by atoms with E-state index in [1.54, 1.807) is 17.9 Å². The SMILES string of the molecule is CCOC(=O)N1CCN(c2cc(N3CCC(C)CC3)c(F)cc2[N+](=O)[O-])CC1. The van der Waals surface area contributed by atoms with Crippen molar-refractivity contribution < 1.29 is 18.8 Å². The van der Waals surface area contributed by atoms with Crippen molar-refractivity contribution in [2.75, 3.05) is 55.7 Å². The Bertz CT molecular complexity index is 729. The topological polar surface area (TPSA) is 79.2 Å². The van der Waals surface area contributed by atoms with Gasteiger partial charge in [0.1, 0.15) is 5.69 Å². The molecule has 2 aliphatic heterocycles. The highest BCUT2D eigenvalue weighted by atomic mass is 19.1. The molecule has 0 bridgehead atoms. The van der Waals surface area contributed by atoms with E-state index in [0.717, 1.165) is 32.0 Å². The van der Waals surface area contributed by atoms with Crippen LogP contribution in [0.2, 0.25) is 0 Å². The van der Waals surface area contributed by atoms with Crippen molar-refractivity contribution in [3.63, 3.8) is 0 Å². The van der Waals surface area contributed by atoms with E-state index in [2.05, 4.69) is 6.92 Å². The van der Waals surface area contributed by atoms with Crippen LogP contribution in [-0.2, 0) is 4.74 Å². The second-order valence-electron chi connectivity index (χ2n) is 7.39. The molecule has 0 radical (unpaired) electrons. The van der Waals surface area contributed by atoms with Gasteiger partial charge in [0.05, 0.1) is 23.3 Å². The molecule has 2 heterocycles. The summed E-state index contributed by atoms with van der Waals surface area (Å²) in [6, 6.07) is 2.63. The molecule has 0 unspecified atom stereocenters. The molecule has 3 rings (SSSR count). The number of benzene rings is 1. The third kappa shape index (κ3) is 4.28. The van der Waals surface area contributed by atoms with Crippen LogP contribution in [-0.4, -0.2) is 61.8 Å². The van der Waals surface area contributed by atoms with Gasteiger partial charge in [-0.3, -0.25) is 10.1 Å². The van der Waals surface area contributed by atoms with Crippen molar-refractivity contribution in [3.8, 4) is 0 Å². The summed E-state index contributed by atoms with van der Waals surface area (Å²) in [5, 5.41) is 11.5. The molecule has 0 aliphatic carbocycles. The number of piperidine rings is 1. The fourth-order valence-corrected chi connectivity index (χ4v) is 3.78. The molecule has 0 N–H and O–H groups in total. The van der Waals surface area contributed by atoms with Gasteiger partial charge in [-0.15, -0.1) is 0 Å². The highest BCUT2D eigenvalue weighted by Crippen LogP contribution is 2.36. The number of nitro benzene ring substituents is 1. The Morgan fingerprint density at radius 1 is 1.14 bits per heavy atom. The molecule has 0 aromatic heterocycles. The average Bonchev–Trinajstić information content (AvgIpc) is 2.69. The predicted molar refractivity (Wildman–Crippen MR) is 104 cm³/mol. The van der Waals surface area contributed by atoms with Crippen molar-refractivity contribution in [3.05, 3.63) is 28.1 Å². The normalized spacial score (nSPS) is 18.3. The number of amides is 1. The monoisotopic (exact) mass is 394 g/mol. The second-order valence-corrected chi connectivity index (χ2v) is 7.39. The minimum absolute atomic E-state index is 0.240. The smallest absolute Gasteiger partial charge is 0.409 e. The Labute approximate surface area is 164 Å². The second kappa shape index (κ2) is 8.62. The fourth-order valence-electron chi connectivity index (χ4n) is 3.78. The van der Waals surface area contributed by atoms with E-state index in [0.29, 0.717) is 50.1 Å². The number of piperazine rings is 1. The molecule has 2 aliphatic rings. The van der Waals surface area contributed by atoms with Gasteiger partial charge in [0, 0.05) is 39.3 Å². The molecule has 28 heavy (non-hydrogen) atoms. The molecule has 1 aromatic carbocycles. The fraction of sp³-hybridized carbons (Fsp3) is 0.632. The van der Waals surface area contributed by atoms with Crippen LogP contribution in [0.5, 0.6) is 0 Å². The third-order valence-electron chi connectivity index (χ3n) is 5.51. The molecule has 1 amide bonds. The van der Waals surface area contributed by atoms with Gasteiger partial charge >= 0.3 is 6.09 Å². The number of nitrogens with zero attached hydrogens (tertiary/aromatic N) is 4. The standard InChI is InChI=1S/C19H27FN4O4/c1-3-28-19(25)23-10-8-22(9-11-23)17-13-16(15(20)12-18(17)24(26)27)21-6-4-14(2)5-7-21/h12-14H,3-11H2,1-2H3. The zero-order chi connectivity index (χ0) is 20.3. The van der Waals surface area contributed by atoms with Crippen molar-refractivity contribution in [2.24, 2.45) is 5.92 Å². The average molecular weight is 394 g/mol. The minimum Gasteiger partial charge on any atom is -0.450 e. The van der Waals surface area contributed by atoms with E-state index in [1.165, 1.54) is 0 Å². The lowest BCUT2D eigenvalue weighted by Crippen LogP contribution is -2.49. The number of rotatable bonds is 4. The highest BCUT2D eigenvalue weighted by molar-refractivity contribution is 5.72. The van der Waals surface area contributed by atoms with Gasteiger partial charge in [0.15, 0.2) is 5.82 Å². The zero-order valence-electron chi connectivity index (χ0n) is 16.4. The van der Waals surface area contributed by atoms with Gasteiger partial charge in [-0.05, 0) is 31.7 Å². The summed E-state index contributed by atoms with van der Waals surface area (Å²) in [6.07, 6.45) is 1.58. The van der Waals surface area contributed by atoms with Crippen LogP contribution in [0.15, 0.2) is 12.1 Å². The molecule has 2 saturated heterocycles. The Morgan fingerprint density at radius 3 is 2.32 bits per heavy atom. The largest absolute Gasteiger partial charge is 0.450 e. The first kappa shape index (κ1) is 20.2. The van der Waals surface area contributed by atoms with Gasteiger partial charge in [-0.25, -0.2) is 9.18 Å². The van der Waals surface area contributed by atoms with Gasteiger partial charge in [-0.2, -0.15) is 0 Å². The number of hydrogen-bond donors (Lipinski definition) is 0. The van der Waals surface area contributed by atoms with Crippen LogP contribution in [0.3, 0.4) is 0 Å². The van der Waals surface area contributed by atoms with E-state index in [-0.39, 0.29) is 11.8 Å². The maximum Gasteiger partial charge on any atom is 0.409 e. The lowest BCUT2D eigenvalue weighted by molar-refractivity contribution is -0.384. The lowest BCUT2D eigenvalue weighted by Gasteiger charge is -2.36. The summed E-state index contributed by atoms with van der Waals surface area (Å²) in [5.41, 5.74) is 0.583. The van der Waals surface area contributed by atoms with Gasteiger partial charge < -0.3 is 19.4 Å². The zero-order valence-corrected chi connectivity index (χ0v) is 16.4. The predicted octanol–water partition coefficient (Wildman–Crippen LogP) is 3.25. The van der Waals surface area contributed by atoms with Crippen molar-refractivity contribution in [2.45, 2.75) is 26.7 Å². The molecule has 0 atom stereocenters. The van der Waals surface area contributed by atoms with E-state index in [1.807, 2.05) is 9.80 Å². The Kier molecular flexibility index (Phi) is 6.21. The van der Waals surface area contributed by atoms with Crippen molar-refractivity contribution in [1.82, 2.24) is 4.90 Å². The molecule has 0 spiro atoms. The summed E-state index contributed by atoms with van der Waals surface area (Å²) in [7, 11) is 0. The Balaban J connectivity index is 1.82. The maximum absolute atomic E-state index is 14.7. The van der Waals surface area contributed by atoms with E-state index >= 15 is 0 Å².